The van der Waals surface area contributed by atoms with Gasteiger partial charge in [0.1, 0.15) is 5.75 Å². The summed E-state index contributed by atoms with van der Waals surface area (Å²) in [6.45, 7) is 2.16. The molecule has 0 amide bonds. The minimum Gasteiger partial charge on any atom is -0.497 e. The van der Waals surface area contributed by atoms with Crippen LogP contribution >= 0.6 is 23.4 Å². The fourth-order valence-electron chi connectivity index (χ4n) is 1.61. The smallest absolute Gasteiger partial charge is 0.120 e. The number of methoxy groups -OCH3 is 1. The standard InChI is InChI=1S/C15H15ClOS/c1-3-11-4-7-13(8-5-11)18-15-9-6-12(17-2)10-14(15)16/h4-10H,3H2,1-2H3. The van der Waals surface area contributed by atoms with Gasteiger partial charge in [0.15, 0.2) is 0 Å². The summed E-state index contributed by atoms with van der Waals surface area (Å²) in [7, 11) is 1.64. The number of aryl methyl sites for hydroxylation is 1. The summed E-state index contributed by atoms with van der Waals surface area (Å²) in [6, 6.07) is 14.3. The number of hydrogen-bond donors (Lipinski definition) is 0. The van der Waals surface area contributed by atoms with Crippen LogP contribution in [0.1, 0.15) is 12.5 Å². The van der Waals surface area contributed by atoms with Crippen LogP contribution in [-0.2, 0) is 6.42 Å². The van der Waals surface area contributed by atoms with Crippen LogP contribution in [0.15, 0.2) is 52.3 Å². The second kappa shape index (κ2) is 6.17. The van der Waals surface area contributed by atoms with Gasteiger partial charge in [-0.15, -0.1) is 0 Å². The van der Waals surface area contributed by atoms with E-state index in [0.717, 1.165) is 22.1 Å². The third-order valence-corrected chi connectivity index (χ3v) is 4.21. The van der Waals surface area contributed by atoms with Crippen LogP contribution in [0.5, 0.6) is 5.75 Å². The van der Waals surface area contributed by atoms with E-state index in [1.54, 1.807) is 18.9 Å². The highest BCUT2D eigenvalue weighted by Crippen LogP contribution is 2.35. The van der Waals surface area contributed by atoms with E-state index in [0.29, 0.717) is 0 Å². The lowest BCUT2D eigenvalue weighted by atomic mass is 10.2. The molecule has 2 rings (SSSR count). The van der Waals surface area contributed by atoms with Crippen molar-refractivity contribution in [2.24, 2.45) is 0 Å². The summed E-state index contributed by atoms with van der Waals surface area (Å²) in [4.78, 5) is 2.24. The van der Waals surface area contributed by atoms with Crippen LogP contribution < -0.4 is 4.74 Å². The largest absolute Gasteiger partial charge is 0.497 e. The number of halogens is 1. The van der Waals surface area contributed by atoms with Crippen LogP contribution in [0.4, 0.5) is 0 Å². The average molecular weight is 279 g/mol. The molecule has 0 aliphatic carbocycles. The molecule has 0 aliphatic rings. The van der Waals surface area contributed by atoms with Crippen molar-refractivity contribution >= 4 is 23.4 Å². The molecule has 2 aromatic carbocycles. The van der Waals surface area contributed by atoms with Gasteiger partial charge < -0.3 is 4.74 Å². The molecule has 0 atom stereocenters. The van der Waals surface area contributed by atoms with Crippen LogP contribution in [-0.4, -0.2) is 7.11 Å². The highest BCUT2D eigenvalue weighted by atomic mass is 35.5. The fraction of sp³-hybridized carbons (Fsp3) is 0.200. The van der Waals surface area contributed by atoms with Gasteiger partial charge in [-0.05, 0) is 42.3 Å². The van der Waals surface area contributed by atoms with E-state index in [-0.39, 0.29) is 0 Å². The van der Waals surface area contributed by atoms with Gasteiger partial charge in [0.05, 0.1) is 12.1 Å². The molecule has 94 valence electrons. The normalized spacial score (nSPS) is 10.4. The van der Waals surface area contributed by atoms with E-state index in [1.165, 1.54) is 10.5 Å². The Morgan fingerprint density at radius 1 is 1.11 bits per heavy atom. The molecule has 0 saturated carbocycles. The SMILES string of the molecule is CCc1ccc(Sc2ccc(OC)cc2Cl)cc1. The zero-order chi connectivity index (χ0) is 13.0. The van der Waals surface area contributed by atoms with Crippen molar-refractivity contribution < 1.29 is 4.74 Å². The summed E-state index contributed by atoms with van der Waals surface area (Å²) >= 11 is 7.88. The zero-order valence-electron chi connectivity index (χ0n) is 10.4. The number of hydrogen-bond acceptors (Lipinski definition) is 2. The van der Waals surface area contributed by atoms with Crippen LogP contribution in [0.2, 0.25) is 5.02 Å². The fourth-order valence-corrected chi connectivity index (χ4v) is 2.72. The molecule has 18 heavy (non-hydrogen) atoms. The van der Waals surface area contributed by atoms with E-state index >= 15 is 0 Å². The Bertz CT molecular complexity index is 523. The molecule has 0 heterocycles. The molecular weight excluding hydrogens is 264 g/mol. The Hall–Kier alpha value is -1.12. The number of benzene rings is 2. The van der Waals surface area contributed by atoms with Crippen LogP contribution in [0, 0.1) is 0 Å². The first-order chi connectivity index (χ1) is 8.72. The maximum atomic E-state index is 6.22. The van der Waals surface area contributed by atoms with Gasteiger partial charge in [0, 0.05) is 9.79 Å². The summed E-state index contributed by atoms with van der Waals surface area (Å²) in [5, 5.41) is 0.721. The van der Waals surface area contributed by atoms with Crippen LogP contribution in [0.3, 0.4) is 0 Å². The topological polar surface area (TPSA) is 9.23 Å². The van der Waals surface area contributed by atoms with Gasteiger partial charge in [-0.2, -0.15) is 0 Å². The van der Waals surface area contributed by atoms with Gasteiger partial charge in [-0.25, -0.2) is 0 Å². The lowest BCUT2D eigenvalue weighted by Crippen LogP contribution is -1.83. The molecule has 1 nitrogen and oxygen atoms in total. The summed E-state index contributed by atoms with van der Waals surface area (Å²) < 4.78 is 5.14. The van der Waals surface area contributed by atoms with Gasteiger partial charge >= 0.3 is 0 Å². The Labute approximate surface area is 117 Å². The van der Waals surface area contributed by atoms with Crippen molar-refractivity contribution in [1.82, 2.24) is 0 Å². The predicted octanol–water partition coefficient (Wildman–Crippen LogP) is 5.06. The summed E-state index contributed by atoms with van der Waals surface area (Å²) in [5.74, 6) is 0.783. The molecule has 0 fully saturated rings. The van der Waals surface area contributed by atoms with E-state index in [1.807, 2.05) is 18.2 Å². The molecule has 0 saturated heterocycles. The molecule has 0 N–H and O–H groups in total. The van der Waals surface area contributed by atoms with E-state index in [4.69, 9.17) is 16.3 Å². The monoisotopic (exact) mass is 278 g/mol. The molecule has 0 spiro atoms. The van der Waals surface area contributed by atoms with E-state index < -0.39 is 0 Å². The second-order valence-electron chi connectivity index (χ2n) is 3.90. The molecule has 0 unspecified atom stereocenters. The first-order valence-electron chi connectivity index (χ1n) is 5.83. The Morgan fingerprint density at radius 2 is 1.83 bits per heavy atom. The lowest BCUT2D eigenvalue weighted by molar-refractivity contribution is 0.414. The first-order valence-corrected chi connectivity index (χ1v) is 7.02. The molecule has 0 aromatic heterocycles. The zero-order valence-corrected chi connectivity index (χ0v) is 12.0. The quantitative estimate of drug-likeness (QED) is 0.773. The number of ether oxygens (including phenoxy) is 1. The first kappa shape index (κ1) is 13.3. The third-order valence-electron chi connectivity index (χ3n) is 2.70. The van der Waals surface area contributed by atoms with Crippen molar-refractivity contribution in [3.05, 3.63) is 53.1 Å². The average Bonchev–Trinajstić information content (AvgIpc) is 2.42. The molecule has 0 radical (unpaired) electrons. The van der Waals surface area contributed by atoms with Gasteiger partial charge in [-0.3, -0.25) is 0 Å². The lowest BCUT2D eigenvalue weighted by Gasteiger charge is -2.07. The van der Waals surface area contributed by atoms with Crippen molar-refractivity contribution in [1.29, 1.82) is 0 Å². The summed E-state index contributed by atoms with van der Waals surface area (Å²) in [5.41, 5.74) is 1.35. The minimum atomic E-state index is 0.721. The molecule has 0 bridgehead atoms. The highest BCUT2D eigenvalue weighted by molar-refractivity contribution is 7.99. The van der Waals surface area contributed by atoms with E-state index in [2.05, 4.69) is 31.2 Å². The maximum Gasteiger partial charge on any atom is 0.120 e. The third kappa shape index (κ3) is 3.21. The van der Waals surface area contributed by atoms with Crippen molar-refractivity contribution in [3.8, 4) is 5.75 Å². The van der Waals surface area contributed by atoms with Crippen LogP contribution in [0.25, 0.3) is 0 Å². The van der Waals surface area contributed by atoms with Gasteiger partial charge in [-0.1, -0.05) is 42.4 Å². The molecular formula is C15H15ClOS. The van der Waals surface area contributed by atoms with E-state index in [9.17, 15) is 0 Å². The van der Waals surface area contributed by atoms with Crippen molar-refractivity contribution in [3.63, 3.8) is 0 Å². The minimum absolute atomic E-state index is 0.721. The molecule has 2 aromatic rings. The highest BCUT2D eigenvalue weighted by Gasteiger charge is 2.04. The Morgan fingerprint density at radius 3 is 2.39 bits per heavy atom. The predicted molar refractivity (Wildman–Crippen MR) is 77.9 cm³/mol. The molecule has 0 aliphatic heterocycles. The maximum absolute atomic E-state index is 6.22. The summed E-state index contributed by atoms with van der Waals surface area (Å²) in [6.07, 6.45) is 1.06. The Kier molecular flexibility index (Phi) is 4.56. The number of rotatable bonds is 4. The van der Waals surface area contributed by atoms with Crippen molar-refractivity contribution in [2.45, 2.75) is 23.1 Å². The second-order valence-corrected chi connectivity index (χ2v) is 5.42. The van der Waals surface area contributed by atoms with Crippen molar-refractivity contribution in [2.75, 3.05) is 7.11 Å². The Balaban J connectivity index is 2.17. The molecule has 3 heteroatoms. The van der Waals surface area contributed by atoms with Gasteiger partial charge in [0.25, 0.3) is 0 Å². The van der Waals surface area contributed by atoms with Gasteiger partial charge in [0.2, 0.25) is 0 Å².